The first-order chi connectivity index (χ1) is 13.3. The predicted molar refractivity (Wildman–Crippen MR) is 101 cm³/mol. The number of H-pyrrole nitrogens is 1. The first kappa shape index (κ1) is 19.3. The van der Waals surface area contributed by atoms with Crippen LogP contribution >= 0.6 is 0 Å². The van der Waals surface area contributed by atoms with Crippen molar-refractivity contribution in [3.63, 3.8) is 0 Å². The van der Waals surface area contributed by atoms with Gasteiger partial charge in [0.2, 0.25) is 0 Å². The number of carbonyl (C=O) groups is 2. The molecule has 1 N–H and O–H groups in total. The van der Waals surface area contributed by atoms with Gasteiger partial charge >= 0.3 is 11.7 Å². The van der Waals surface area contributed by atoms with Crippen molar-refractivity contribution >= 4 is 11.8 Å². The molecule has 1 aromatic carbocycles. The average Bonchev–Trinajstić information content (AvgIpc) is 3.15. The molecule has 0 radical (unpaired) electrons. The molecule has 0 atom stereocenters. The van der Waals surface area contributed by atoms with Crippen LogP contribution in [0, 0.1) is 20.8 Å². The summed E-state index contributed by atoms with van der Waals surface area (Å²) in [5.41, 5.74) is 3.22. The number of hydrogen-bond donors (Lipinski definition) is 1. The van der Waals surface area contributed by atoms with Crippen LogP contribution in [-0.2, 0) is 11.3 Å². The summed E-state index contributed by atoms with van der Waals surface area (Å²) >= 11 is 0. The summed E-state index contributed by atoms with van der Waals surface area (Å²) < 4.78 is 11.0. The number of hydrogen-bond acceptors (Lipinski definition) is 6. The topological polar surface area (TPSA) is 107 Å². The molecule has 3 rings (SSSR count). The van der Waals surface area contributed by atoms with Crippen molar-refractivity contribution < 1.29 is 18.8 Å². The molecular formula is C20H21N3O5. The number of nitrogens with zero attached hydrogens (tertiary/aromatic N) is 2. The number of carbonyl (C=O) groups excluding carboxylic acids is 2. The monoisotopic (exact) mass is 383 g/mol. The highest BCUT2D eigenvalue weighted by molar-refractivity contribution is 6.02. The number of aromatic amines is 1. The average molecular weight is 383 g/mol. The van der Waals surface area contributed by atoms with Crippen molar-refractivity contribution in [3.8, 4) is 11.4 Å². The zero-order valence-corrected chi connectivity index (χ0v) is 16.2. The maximum Gasteiger partial charge on any atom is 0.442 e. The van der Waals surface area contributed by atoms with Crippen LogP contribution in [-0.4, -0.2) is 33.1 Å². The third-order valence-electron chi connectivity index (χ3n) is 4.57. The molecule has 0 aliphatic carbocycles. The van der Waals surface area contributed by atoms with Crippen LogP contribution in [0.2, 0.25) is 0 Å². The number of aromatic nitrogens is 3. The highest BCUT2D eigenvalue weighted by Crippen LogP contribution is 2.23. The second-order valence-electron chi connectivity index (χ2n) is 6.44. The molecule has 0 spiro atoms. The van der Waals surface area contributed by atoms with Gasteiger partial charge in [0.15, 0.2) is 11.6 Å². The molecule has 0 amide bonds. The maximum atomic E-state index is 13.0. The number of ketones is 1. The highest BCUT2D eigenvalue weighted by atomic mass is 16.5. The standard InChI is InChI=1S/C20H21N3O5/c1-5-27-19(25)17-12(3)16(13(4)21-17)15(24)10-23-18(22-28-20(23)26)14-9-7-6-8-11(14)2/h6-9,21H,5,10H2,1-4H3. The van der Waals surface area contributed by atoms with Crippen LogP contribution in [0.3, 0.4) is 0 Å². The fourth-order valence-electron chi connectivity index (χ4n) is 3.22. The Balaban J connectivity index is 1.98. The van der Waals surface area contributed by atoms with Crippen LogP contribution in [0.5, 0.6) is 0 Å². The summed E-state index contributed by atoms with van der Waals surface area (Å²) in [6, 6.07) is 7.38. The van der Waals surface area contributed by atoms with Gasteiger partial charge in [0, 0.05) is 16.8 Å². The van der Waals surface area contributed by atoms with Gasteiger partial charge in [0.1, 0.15) is 5.69 Å². The van der Waals surface area contributed by atoms with Crippen molar-refractivity contribution in [3.05, 3.63) is 62.9 Å². The molecule has 3 aromatic rings. The van der Waals surface area contributed by atoms with E-state index in [9.17, 15) is 14.4 Å². The van der Waals surface area contributed by atoms with Crippen molar-refractivity contribution in [2.24, 2.45) is 0 Å². The Hall–Kier alpha value is -3.42. The van der Waals surface area contributed by atoms with E-state index in [-0.39, 0.29) is 30.5 Å². The van der Waals surface area contributed by atoms with Gasteiger partial charge in [0.05, 0.1) is 13.2 Å². The van der Waals surface area contributed by atoms with Gasteiger partial charge in [-0.25, -0.2) is 14.2 Å². The molecule has 0 aliphatic rings. The van der Waals surface area contributed by atoms with Crippen molar-refractivity contribution in [1.82, 2.24) is 14.7 Å². The van der Waals surface area contributed by atoms with Crippen LogP contribution < -0.4 is 5.76 Å². The summed E-state index contributed by atoms with van der Waals surface area (Å²) in [6.45, 7) is 6.93. The number of rotatable bonds is 6. The lowest BCUT2D eigenvalue weighted by atomic mass is 10.0. The van der Waals surface area contributed by atoms with Gasteiger partial charge in [-0.2, -0.15) is 0 Å². The van der Waals surface area contributed by atoms with E-state index >= 15 is 0 Å². The Labute approximate surface area is 161 Å². The zero-order chi connectivity index (χ0) is 20.4. The Morgan fingerprint density at radius 2 is 1.93 bits per heavy atom. The predicted octanol–water partition coefficient (Wildman–Crippen LogP) is 2.82. The molecule has 8 heteroatoms. The fraction of sp³-hybridized carbons (Fsp3) is 0.300. The van der Waals surface area contributed by atoms with Gasteiger partial charge in [0.25, 0.3) is 0 Å². The summed E-state index contributed by atoms with van der Waals surface area (Å²) in [5, 5.41) is 3.84. The molecule has 2 heterocycles. The summed E-state index contributed by atoms with van der Waals surface area (Å²) in [7, 11) is 0. The molecule has 0 unspecified atom stereocenters. The molecule has 0 bridgehead atoms. The van der Waals surface area contributed by atoms with Crippen molar-refractivity contribution in [1.29, 1.82) is 0 Å². The SMILES string of the molecule is CCOC(=O)c1[nH]c(C)c(C(=O)Cn2c(-c3ccccc3C)noc2=O)c1C. The first-order valence-electron chi connectivity index (χ1n) is 8.87. The Morgan fingerprint density at radius 3 is 2.61 bits per heavy atom. The second-order valence-corrected chi connectivity index (χ2v) is 6.44. The Morgan fingerprint density at radius 1 is 1.21 bits per heavy atom. The van der Waals surface area contributed by atoms with Gasteiger partial charge < -0.3 is 9.72 Å². The van der Waals surface area contributed by atoms with E-state index in [2.05, 4.69) is 10.1 Å². The molecule has 0 fully saturated rings. The lowest BCUT2D eigenvalue weighted by molar-refractivity contribution is 0.0519. The highest BCUT2D eigenvalue weighted by Gasteiger charge is 2.25. The largest absolute Gasteiger partial charge is 0.461 e. The summed E-state index contributed by atoms with van der Waals surface area (Å²) in [4.78, 5) is 40.1. The van der Waals surface area contributed by atoms with Crippen LogP contribution in [0.15, 0.2) is 33.6 Å². The smallest absolute Gasteiger partial charge is 0.442 e. The molecule has 8 nitrogen and oxygen atoms in total. The number of Topliss-reactive ketones (excluding diaryl/α,β-unsaturated/α-hetero) is 1. The molecule has 2 aromatic heterocycles. The van der Waals surface area contributed by atoms with E-state index in [0.29, 0.717) is 22.4 Å². The molecule has 0 saturated heterocycles. The normalized spacial score (nSPS) is 10.9. The van der Waals surface area contributed by atoms with Gasteiger partial charge in [-0.1, -0.05) is 29.4 Å². The lowest BCUT2D eigenvalue weighted by Gasteiger charge is -2.07. The lowest BCUT2D eigenvalue weighted by Crippen LogP contribution is -2.22. The van der Waals surface area contributed by atoms with Gasteiger partial charge in [-0.05, 0) is 38.8 Å². The van der Waals surface area contributed by atoms with E-state index in [1.165, 1.54) is 4.57 Å². The summed E-state index contributed by atoms with van der Waals surface area (Å²) in [5.74, 6) is -1.29. The number of nitrogens with one attached hydrogen (secondary N) is 1. The van der Waals surface area contributed by atoms with E-state index < -0.39 is 11.7 Å². The minimum atomic E-state index is -0.719. The minimum absolute atomic E-state index is 0.232. The van der Waals surface area contributed by atoms with Crippen LogP contribution in [0.4, 0.5) is 0 Å². The van der Waals surface area contributed by atoms with Crippen LogP contribution in [0.1, 0.15) is 44.6 Å². The van der Waals surface area contributed by atoms with E-state index in [1.807, 2.05) is 25.1 Å². The Bertz CT molecular complexity index is 1100. The third-order valence-corrected chi connectivity index (χ3v) is 4.57. The molecule has 0 saturated carbocycles. The van der Waals surface area contributed by atoms with Crippen molar-refractivity contribution in [2.75, 3.05) is 6.61 Å². The van der Waals surface area contributed by atoms with Gasteiger partial charge in [-0.3, -0.25) is 9.32 Å². The fourth-order valence-corrected chi connectivity index (χ4v) is 3.22. The quantitative estimate of drug-likeness (QED) is 0.518. The third kappa shape index (κ3) is 3.40. The number of aryl methyl sites for hydroxylation is 2. The van der Waals surface area contributed by atoms with Crippen molar-refractivity contribution in [2.45, 2.75) is 34.2 Å². The van der Waals surface area contributed by atoms with Gasteiger partial charge in [-0.15, -0.1) is 0 Å². The Kier molecular flexibility index (Phi) is 5.30. The number of benzene rings is 1. The summed E-state index contributed by atoms with van der Waals surface area (Å²) in [6.07, 6.45) is 0. The number of ether oxygens (including phenoxy) is 1. The zero-order valence-electron chi connectivity index (χ0n) is 16.2. The second kappa shape index (κ2) is 7.67. The molecule has 0 aliphatic heterocycles. The molecule has 28 heavy (non-hydrogen) atoms. The minimum Gasteiger partial charge on any atom is -0.461 e. The molecule has 146 valence electrons. The van der Waals surface area contributed by atoms with E-state index in [0.717, 1.165) is 5.56 Å². The maximum absolute atomic E-state index is 13.0. The molecular weight excluding hydrogens is 362 g/mol. The number of esters is 1. The van der Waals surface area contributed by atoms with E-state index in [4.69, 9.17) is 9.26 Å². The first-order valence-corrected chi connectivity index (χ1v) is 8.87. The van der Waals surface area contributed by atoms with Crippen LogP contribution in [0.25, 0.3) is 11.4 Å². The van der Waals surface area contributed by atoms with E-state index in [1.54, 1.807) is 26.8 Å².